The van der Waals surface area contributed by atoms with Gasteiger partial charge >= 0.3 is 5.97 Å². The molecule has 2 unspecified atom stereocenters. The molecule has 2 heterocycles. The zero-order valence-corrected chi connectivity index (χ0v) is 11.2. The van der Waals surface area contributed by atoms with E-state index in [1.165, 1.54) is 0 Å². The molecular formula is C14H20N2O3. The number of aryl methyl sites for hydroxylation is 2. The molecule has 3 rings (SSSR count). The highest BCUT2D eigenvalue weighted by Gasteiger charge is 2.55. The molecule has 2 atom stereocenters. The average Bonchev–Trinajstić information content (AvgIpc) is 2.99. The van der Waals surface area contributed by atoms with Crippen molar-refractivity contribution in [2.45, 2.75) is 38.2 Å². The second kappa shape index (κ2) is 4.63. The first kappa shape index (κ1) is 12.7. The number of hydrogen-bond acceptors (Lipinski definition) is 3. The molecule has 2 aliphatic rings. The fourth-order valence-electron chi connectivity index (χ4n) is 3.23. The Labute approximate surface area is 112 Å². The molecule has 1 saturated carbocycles. The Morgan fingerprint density at radius 1 is 1.63 bits per heavy atom. The quantitative estimate of drug-likeness (QED) is 0.877. The highest BCUT2D eigenvalue weighted by Crippen LogP contribution is 2.50. The van der Waals surface area contributed by atoms with E-state index in [-0.39, 0.29) is 6.10 Å². The van der Waals surface area contributed by atoms with Gasteiger partial charge in [0.05, 0.1) is 11.5 Å². The van der Waals surface area contributed by atoms with Gasteiger partial charge in [0.2, 0.25) is 0 Å². The van der Waals surface area contributed by atoms with Gasteiger partial charge in [-0.05, 0) is 31.6 Å². The van der Waals surface area contributed by atoms with Crippen LogP contribution in [0.3, 0.4) is 0 Å². The van der Waals surface area contributed by atoms with Gasteiger partial charge in [-0.15, -0.1) is 0 Å². The van der Waals surface area contributed by atoms with Crippen LogP contribution in [0.4, 0.5) is 0 Å². The maximum atomic E-state index is 11.8. The smallest absolute Gasteiger partial charge is 0.312 e. The Bertz CT molecular complexity index is 481. The maximum Gasteiger partial charge on any atom is 0.312 e. The molecular weight excluding hydrogens is 244 g/mol. The number of imidazole rings is 1. The lowest BCUT2D eigenvalue weighted by molar-refractivity contribution is -0.153. The van der Waals surface area contributed by atoms with Gasteiger partial charge in [-0.25, -0.2) is 4.98 Å². The summed E-state index contributed by atoms with van der Waals surface area (Å²) in [6, 6.07) is 0. The van der Waals surface area contributed by atoms with Crippen LogP contribution in [-0.2, 0) is 23.0 Å². The molecule has 104 valence electrons. The number of hydrogen-bond donors (Lipinski definition) is 1. The Hall–Kier alpha value is -1.36. The van der Waals surface area contributed by atoms with Crippen LogP contribution in [-0.4, -0.2) is 33.3 Å². The lowest BCUT2D eigenvalue weighted by Crippen LogP contribution is -2.41. The normalized spacial score (nSPS) is 30.7. The number of carboxylic acids is 1. The van der Waals surface area contributed by atoms with Crippen LogP contribution in [0, 0.1) is 11.3 Å². The van der Waals surface area contributed by atoms with E-state index in [0.717, 1.165) is 18.7 Å². The maximum absolute atomic E-state index is 11.8. The van der Waals surface area contributed by atoms with E-state index in [4.69, 9.17) is 4.74 Å². The fourth-order valence-corrected chi connectivity index (χ4v) is 3.23. The molecule has 0 radical (unpaired) electrons. The number of rotatable bonds is 5. The third-order valence-electron chi connectivity index (χ3n) is 4.58. The van der Waals surface area contributed by atoms with Crippen LogP contribution in [0.1, 0.15) is 31.5 Å². The summed E-state index contributed by atoms with van der Waals surface area (Å²) in [7, 11) is 1.94. The zero-order chi connectivity index (χ0) is 13.5. The van der Waals surface area contributed by atoms with E-state index in [2.05, 4.69) is 4.98 Å². The molecule has 0 aromatic carbocycles. The molecule has 1 aromatic heterocycles. The van der Waals surface area contributed by atoms with Crippen molar-refractivity contribution in [3.8, 4) is 0 Å². The highest BCUT2D eigenvalue weighted by atomic mass is 16.5. The molecule has 19 heavy (non-hydrogen) atoms. The van der Waals surface area contributed by atoms with Crippen molar-refractivity contribution in [2.75, 3.05) is 6.61 Å². The fraction of sp³-hybridized carbons (Fsp3) is 0.714. The van der Waals surface area contributed by atoms with Crippen molar-refractivity contribution >= 4 is 5.97 Å². The number of carboxylic acid groups (broad SMARTS) is 1. The molecule has 1 aromatic rings. The van der Waals surface area contributed by atoms with Gasteiger partial charge in [0.1, 0.15) is 5.82 Å². The van der Waals surface area contributed by atoms with E-state index >= 15 is 0 Å². The first-order valence-corrected chi connectivity index (χ1v) is 6.95. The average molecular weight is 264 g/mol. The number of carbonyl (C=O) groups is 1. The van der Waals surface area contributed by atoms with Crippen molar-refractivity contribution in [3.63, 3.8) is 0 Å². The van der Waals surface area contributed by atoms with Crippen molar-refractivity contribution in [1.82, 2.24) is 9.55 Å². The minimum Gasteiger partial charge on any atom is -0.481 e. The summed E-state index contributed by atoms with van der Waals surface area (Å²) in [5.41, 5.74) is -0.701. The third kappa shape index (κ3) is 2.16. The number of nitrogens with zero attached hydrogens (tertiary/aromatic N) is 2. The van der Waals surface area contributed by atoms with E-state index in [0.29, 0.717) is 31.8 Å². The van der Waals surface area contributed by atoms with E-state index in [9.17, 15) is 9.90 Å². The van der Waals surface area contributed by atoms with Crippen LogP contribution < -0.4 is 0 Å². The van der Waals surface area contributed by atoms with Crippen molar-refractivity contribution in [3.05, 3.63) is 18.2 Å². The first-order chi connectivity index (χ1) is 9.13. The monoisotopic (exact) mass is 264 g/mol. The minimum absolute atomic E-state index is 0.0923. The molecule has 5 nitrogen and oxygen atoms in total. The molecule has 0 bridgehead atoms. The topological polar surface area (TPSA) is 64.4 Å². The van der Waals surface area contributed by atoms with Gasteiger partial charge in [-0.2, -0.15) is 0 Å². The molecule has 1 N–H and O–H groups in total. The third-order valence-corrected chi connectivity index (χ3v) is 4.58. The van der Waals surface area contributed by atoms with Crippen LogP contribution in [0.25, 0.3) is 0 Å². The molecule has 1 aliphatic heterocycles. The summed E-state index contributed by atoms with van der Waals surface area (Å²) in [6.45, 7) is 0.577. The van der Waals surface area contributed by atoms with Crippen LogP contribution in [0.5, 0.6) is 0 Å². The number of ether oxygens (including phenoxy) is 1. The minimum atomic E-state index is -0.701. The van der Waals surface area contributed by atoms with Crippen LogP contribution in [0.15, 0.2) is 12.4 Å². The number of aliphatic carboxylic acids is 1. The van der Waals surface area contributed by atoms with E-state index < -0.39 is 11.4 Å². The van der Waals surface area contributed by atoms with Crippen molar-refractivity contribution < 1.29 is 14.6 Å². The summed E-state index contributed by atoms with van der Waals surface area (Å²) < 4.78 is 7.70. The number of aromatic nitrogens is 2. The van der Waals surface area contributed by atoms with Crippen molar-refractivity contribution in [2.24, 2.45) is 18.4 Å². The Kier molecular flexibility index (Phi) is 3.09. The van der Waals surface area contributed by atoms with E-state index in [1.807, 2.05) is 17.8 Å². The standard InChI is InChI=1S/C14H20N2O3/c1-16-8-7-15-11(16)4-5-14(13(17)18)6-9-19-12(14)10-2-3-10/h7-8,10,12H,2-6,9H2,1H3,(H,17,18). The van der Waals surface area contributed by atoms with Crippen LogP contribution >= 0.6 is 0 Å². The summed E-state index contributed by atoms with van der Waals surface area (Å²) in [5.74, 6) is 0.707. The molecule has 2 fully saturated rings. The van der Waals surface area contributed by atoms with Gasteiger partial charge < -0.3 is 14.4 Å². The van der Waals surface area contributed by atoms with Gasteiger partial charge in [0, 0.05) is 32.5 Å². The molecule has 0 amide bonds. The van der Waals surface area contributed by atoms with Crippen molar-refractivity contribution in [1.29, 1.82) is 0 Å². The molecule has 1 saturated heterocycles. The predicted octanol–water partition coefficient (Wildman–Crippen LogP) is 1.62. The zero-order valence-electron chi connectivity index (χ0n) is 11.2. The lowest BCUT2D eigenvalue weighted by Gasteiger charge is -2.29. The first-order valence-electron chi connectivity index (χ1n) is 6.95. The predicted molar refractivity (Wildman–Crippen MR) is 68.7 cm³/mol. The largest absolute Gasteiger partial charge is 0.481 e. The Morgan fingerprint density at radius 2 is 2.42 bits per heavy atom. The Morgan fingerprint density at radius 3 is 3.00 bits per heavy atom. The van der Waals surface area contributed by atoms with Gasteiger partial charge in [0.25, 0.3) is 0 Å². The van der Waals surface area contributed by atoms with Crippen LogP contribution in [0.2, 0.25) is 0 Å². The second-order valence-electron chi connectivity index (χ2n) is 5.79. The van der Waals surface area contributed by atoms with Gasteiger partial charge in [0.15, 0.2) is 0 Å². The molecule has 1 aliphatic carbocycles. The second-order valence-corrected chi connectivity index (χ2v) is 5.79. The van der Waals surface area contributed by atoms with Gasteiger partial charge in [-0.1, -0.05) is 0 Å². The molecule has 5 heteroatoms. The van der Waals surface area contributed by atoms with Gasteiger partial charge in [-0.3, -0.25) is 4.79 Å². The molecule has 0 spiro atoms. The lowest BCUT2D eigenvalue weighted by atomic mass is 9.75. The summed E-state index contributed by atoms with van der Waals surface area (Å²) in [4.78, 5) is 16.1. The summed E-state index contributed by atoms with van der Waals surface area (Å²) >= 11 is 0. The summed E-state index contributed by atoms with van der Waals surface area (Å²) in [6.07, 6.45) is 7.73. The Balaban J connectivity index is 1.77. The highest BCUT2D eigenvalue weighted by molar-refractivity contribution is 5.76. The SMILES string of the molecule is Cn1ccnc1CCC1(C(=O)O)CCOC1C1CC1. The summed E-state index contributed by atoms with van der Waals surface area (Å²) in [5, 5.41) is 9.70. The van der Waals surface area contributed by atoms with E-state index in [1.54, 1.807) is 6.20 Å².